The molecule has 2 aromatic heterocycles. The molecule has 11 aromatic rings. The van der Waals surface area contributed by atoms with Crippen molar-refractivity contribution in [2.45, 2.75) is 0 Å². The Morgan fingerprint density at radius 2 is 0.883 bits per heavy atom. The molecule has 4 heteroatoms. The molecule has 1 aliphatic rings. The van der Waals surface area contributed by atoms with E-state index in [-0.39, 0.29) is 0 Å². The Morgan fingerprint density at radius 3 is 1.60 bits per heavy atom. The fraction of sp³-hybridized carbons (Fsp3) is 0. The van der Waals surface area contributed by atoms with Crippen molar-refractivity contribution in [1.29, 1.82) is 0 Å². The predicted molar refractivity (Wildman–Crippen MR) is 253 cm³/mol. The predicted octanol–water partition coefficient (Wildman–Crippen LogP) is 12.0. The lowest BCUT2D eigenvalue weighted by Crippen LogP contribution is -2.77. The van der Waals surface area contributed by atoms with Crippen LogP contribution >= 0.6 is 0 Å². The zero-order valence-electron chi connectivity index (χ0n) is 32.7. The summed E-state index contributed by atoms with van der Waals surface area (Å²) < 4.78 is 8.82. The lowest BCUT2D eigenvalue weighted by molar-refractivity contribution is 0.673. The lowest BCUT2D eigenvalue weighted by atomic mass is 10.0. The van der Waals surface area contributed by atoms with Gasteiger partial charge in [0.25, 0.3) is 0 Å². The van der Waals surface area contributed by atoms with Crippen molar-refractivity contribution in [2.75, 3.05) is 4.90 Å². The number of para-hydroxylation sites is 3. The van der Waals surface area contributed by atoms with Crippen molar-refractivity contribution in [3.63, 3.8) is 0 Å². The maximum atomic E-state index is 6.47. The van der Waals surface area contributed by atoms with E-state index in [2.05, 4.69) is 234 Å². The van der Waals surface area contributed by atoms with E-state index in [4.69, 9.17) is 4.42 Å². The number of fused-ring (bicyclic) bond motifs is 7. The number of nitrogens with zero attached hydrogens (tertiary/aromatic N) is 2. The fourth-order valence-corrected chi connectivity index (χ4v) is 14.9. The molecule has 0 saturated carbocycles. The molecular weight excluding hydrogens is 745 g/mol. The molecule has 0 atom stereocenters. The molecule has 0 unspecified atom stereocenters. The second-order valence-corrected chi connectivity index (χ2v) is 19.4. The highest BCUT2D eigenvalue weighted by Gasteiger charge is 2.48. The third-order valence-electron chi connectivity index (χ3n) is 12.5. The lowest BCUT2D eigenvalue weighted by Gasteiger charge is -2.45. The summed E-state index contributed by atoms with van der Waals surface area (Å²) in [4.78, 5) is 2.50. The van der Waals surface area contributed by atoms with Gasteiger partial charge in [0.1, 0.15) is 11.1 Å². The van der Waals surface area contributed by atoms with E-state index in [0.717, 1.165) is 49.9 Å². The highest BCUT2D eigenvalue weighted by atomic mass is 28.3. The van der Waals surface area contributed by atoms with Crippen LogP contribution in [0.5, 0.6) is 0 Å². The summed E-state index contributed by atoms with van der Waals surface area (Å²) in [5.41, 5.74) is 13.5. The number of hydrogen-bond donors (Lipinski definition) is 0. The third-order valence-corrected chi connectivity index (χ3v) is 17.3. The van der Waals surface area contributed by atoms with Crippen molar-refractivity contribution >= 4 is 78.9 Å². The third kappa shape index (κ3) is 5.14. The molecule has 0 aliphatic carbocycles. The largest absolute Gasteiger partial charge is 0.454 e. The molecule has 1 aliphatic heterocycles. The van der Waals surface area contributed by atoms with Gasteiger partial charge in [0, 0.05) is 33.5 Å². The number of aromatic nitrogens is 1. The minimum atomic E-state index is -2.81. The van der Waals surface area contributed by atoms with E-state index in [9.17, 15) is 0 Å². The molecule has 0 bridgehead atoms. The van der Waals surface area contributed by atoms with Gasteiger partial charge in [0.15, 0.2) is 13.7 Å². The second kappa shape index (κ2) is 13.7. The summed E-state index contributed by atoms with van der Waals surface area (Å²) in [5, 5.41) is 7.74. The van der Waals surface area contributed by atoms with E-state index in [1.54, 1.807) is 0 Å². The number of benzene rings is 9. The van der Waals surface area contributed by atoms with Gasteiger partial charge in [0.2, 0.25) is 0 Å². The van der Waals surface area contributed by atoms with Crippen LogP contribution in [0.25, 0.3) is 60.9 Å². The summed E-state index contributed by atoms with van der Waals surface area (Å²) >= 11 is 0. The maximum absolute atomic E-state index is 6.47. The Hall–Kier alpha value is -7.66. The zero-order valence-corrected chi connectivity index (χ0v) is 33.7. The van der Waals surface area contributed by atoms with Crippen molar-refractivity contribution < 1.29 is 4.42 Å². The first-order valence-corrected chi connectivity index (χ1v) is 22.6. The second-order valence-electron chi connectivity index (χ2n) is 15.7. The van der Waals surface area contributed by atoms with Gasteiger partial charge in [-0.1, -0.05) is 170 Å². The zero-order chi connectivity index (χ0) is 39.6. The Morgan fingerprint density at radius 1 is 0.367 bits per heavy atom. The van der Waals surface area contributed by atoms with Gasteiger partial charge in [-0.05, 0) is 104 Å². The molecule has 3 nitrogen and oxygen atoms in total. The van der Waals surface area contributed by atoms with Crippen molar-refractivity contribution in [3.8, 4) is 27.9 Å². The van der Waals surface area contributed by atoms with Crippen molar-refractivity contribution in [2.24, 2.45) is 0 Å². The number of furan rings is 1. The van der Waals surface area contributed by atoms with Crippen LogP contribution in [-0.2, 0) is 0 Å². The van der Waals surface area contributed by atoms with Gasteiger partial charge in [-0.2, -0.15) is 0 Å². The monoisotopic (exact) mass is 782 g/mol. The molecule has 0 spiro atoms. The maximum Gasteiger partial charge on any atom is 0.184 e. The summed E-state index contributed by atoms with van der Waals surface area (Å²) in [5.74, 6) is 0. The Bertz CT molecular complexity index is 3310. The highest BCUT2D eigenvalue weighted by molar-refractivity contribution is 7.21. The molecule has 60 heavy (non-hydrogen) atoms. The van der Waals surface area contributed by atoms with Gasteiger partial charge in [0.05, 0.1) is 5.52 Å². The van der Waals surface area contributed by atoms with Crippen LogP contribution < -0.4 is 25.6 Å². The minimum Gasteiger partial charge on any atom is -0.454 e. The molecular formula is C56H38N2OSi. The molecule has 9 aromatic carbocycles. The van der Waals surface area contributed by atoms with Gasteiger partial charge in [-0.15, -0.1) is 0 Å². The van der Waals surface area contributed by atoms with Crippen LogP contribution in [0.15, 0.2) is 235 Å². The van der Waals surface area contributed by atoms with E-state index in [0.29, 0.717) is 0 Å². The Balaban J connectivity index is 1.06. The van der Waals surface area contributed by atoms with E-state index in [1.807, 2.05) is 6.07 Å². The Labute approximate surface area is 349 Å². The van der Waals surface area contributed by atoms with Crippen LogP contribution in [0.4, 0.5) is 17.1 Å². The summed E-state index contributed by atoms with van der Waals surface area (Å²) in [6.07, 6.45) is 0. The van der Waals surface area contributed by atoms with E-state index in [1.165, 1.54) is 48.8 Å². The van der Waals surface area contributed by atoms with Gasteiger partial charge in [-0.3, -0.25) is 0 Å². The fourth-order valence-electron chi connectivity index (χ4n) is 9.84. The molecule has 0 N–H and O–H groups in total. The van der Waals surface area contributed by atoms with Crippen LogP contribution in [0.1, 0.15) is 0 Å². The standard InChI is InChI=1S/C56H38N2OSi/c1-4-16-39(17-5-1)40-28-33-43(34-29-40)57-50-25-13-15-27-53(50)60(45-18-6-2-7-19-45,46-20-8-3-9-21-46)54-37-32-42(38-51(54)57)41-30-35-44(36-31-41)58-49-24-12-10-22-47(49)56-55(58)48-23-11-14-26-52(48)59-56/h1-38H. The average Bonchev–Trinajstić information content (AvgIpc) is 3.86. The minimum absolute atomic E-state index is 0.902. The molecule has 12 rings (SSSR count). The number of hydrogen-bond acceptors (Lipinski definition) is 2. The van der Waals surface area contributed by atoms with Gasteiger partial charge in [-0.25, -0.2) is 0 Å². The normalized spacial score (nSPS) is 13.1. The SMILES string of the molecule is c1ccc(-c2ccc(N3c4ccccc4[Si](c4ccccc4)(c4ccccc4)c4ccc(-c5ccc(-n6c7ccccc7c7oc8ccccc8c76)cc5)cc43)cc2)cc1. The first-order valence-electron chi connectivity index (χ1n) is 20.6. The molecule has 3 heterocycles. The number of anilines is 3. The van der Waals surface area contributed by atoms with Crippen LogP contribution in [0.3, 0.4) is 0 Å². The summed E-state index contributed by atoms with van der Waals surface area (Å²) in [7, 11) is -2.81. The number of rotatable bonds is 6. The average molecular weight is 783 g/mol. The van der Waals surface area contributed by atoms with Crippen molar-refractivity contribution in [3.05, 3.63) is 231 Å². The first-order chi connectivity index (χ1) is 29.8. The van der Waals surface area contributed by atoms with E-state index < -0.39 is 8.07 Å². The topological polar surface area (TPSA) is 21.3 Å². The first kappa shape index (κ1) is 34.4. The van der Waals surface area contributed by atoms with Crippen LogP contribution in [0.2, 0.25) is 0 Å². The summed E-state index contributed by atoms with van der Waals surface area (Å²) in [6.45, 7) is 0. The molecule has 0 amide bonds. The molecule has 0 saturated heterocycles. The van der Waals surface area contributed by atoms with Crippen LogP contribution in [0, 0.1) is 0 Å². The van der Waals surface area contributed by atoms with Crippen molar-refractivity contribution in [1.82, 2.24) is 4.57 Å². The smallest absolute Gasteiger partial charge is 0.184 e. The van der Waals surface area contributed by atoms with Crippen LogP contribution in [-0.4, -0.2) is 12.6 Å². The summed E-state index contributed by atoms with van der Waals surface area (Å²) in [6, 6.07) is 84.5. The molecule has 282 valence electrons. The molecule has 0 fully saturated rings. The Kier molecular flexibility index (Phi) is 7.87. The molecule has 0 radical (unpaired) electrons. The van der Waals surface area contributed by atoms with Gasteiger partial charge < -0.3 is 13.9 Å². The highest BCUT2D eigenvalue weighted by Crippen LogP contribution is 2.42. The quantitative estimate of drug-likeness (QED) is 0.157. The van der Waals surface area contributed by atoms with E-state index >= 15 is 0 Å². The van der Waals surface area contributed by atoms with Gasteiger partial charge >= 0.3 is 0 Å².